The first-order valence-electron chi connectivity index (χ1n) is 6.48. The van der Waals surface area contributed by atoms with Gasteiger partial charge in [-0.3, -0.25) is 15.1 Å². The number of nitrogens with one attached hydrogen (secondary N) is 1. The van der Waals surface area contributed by atoms with Crippen molar-refractivity contribution < 1.29 is 4.92 Å². The van der Waals surface area contributed by atoms with Crippen LogP contribution in [0.1, 0.15) is 18.5 Å². The predicted octanol–water partition coefficient (Wildman–Crippen LogP) is 4.38. The molecule has 2 heterocycles. The lowest BCUT2D eigenvalue weighted by Gasteiger charge is -2.15. The zero-order valence-electron chi connectivity index (χ0n) is 11.3. The molecule has 1 N–H and O–H groups in total. The average molecular weight is 299 g/mol. The zero-order valence-corrected chi connectivity index (χ0v) is 12.1. The van der Waals surface area contributed by atoms with E-state index in [1.165, 1.54) is 6.07 Å². The zero-order chi connectivity index (χ0) is 14.8. The molecule has 1 aromatic carbocycles. The molecule has 0 saturated heterocycles. The Hall–Kier alpha value is -2.47. The van der Waals surface area contributed by atoms with Crippen LogP contribution in [0.4, 0.5) is 11.4 Å². The van der Waals surface area contributed by atoms with Crippen LogP contribution in [-0.2, 0) is 0 Å². The molecule has 6 heteroatoms. The van der Waals surface area contributed by atoms with E-state index in [0.717, 1.165) is 15.8 Å². The number of rotatable bonds is 4. The highest BCUT2D eigenvalue weighted by atomic mass is 32.1. The minimum absolute atomic E-state index is 0.0647. The molecule has 0 spiro atoms. The van der Waals surface area contributed by atoms with Crippen LogP contribution >= 0.6 is 11.3 Å². The fourth-order valence-electron chi connectivity index (χ4n) is 2.17. The van der Waals surface area contributed by atoms with Crippen molar-refractivity contribution in [2.24, 2.45) is 0 Å². The summed E-state index contributed by atoms with van der Waals surface area (Å²) in [5.41, 5.74) is 2.57. The number of nitrogens with zero attached hydrogens (tertiary/aromatic N) is 2. The van der Waals surface area contributed by atoms with Crippen molar-refractivity contribution in [3.8, 4) is 0 Å². The van der Waals surface area contributed by atoms with Gasteiger partial charge in [0.2, 0.25) is 0 Å². The third-order valence-corrected chi connectivity index (χ3v) is 4.15. The number of pyridine rings is 1. The van der Waals surface area contributed by atoms with Gasteiger partial charge in [0.05, 0.1) is 21.2 Å². The van der Waals surface area contributed by atoms with Crippen LogP contribution in [-0.4, -0.2) is 9.91 Å². The second-order valence-corrected chi connectivity index (χ2v) is 5.66. The Morgan fingerprint density at radius 2 is 2.14 bits per heavy atom. The molecule has 106 valence electrons. The normalized spacial score (nSPS) is 12.2. The number of aromatic nitrogens is 1. The number of anilines is 1. The molecule has 0 aliphatic carbocycles. The Morgan fingerprint density at radius 1 is 1.33 bits per heavy atom. The maximum Gasteiger partial charge on any atom is 0.292 e. The quantitative estimate of drug-likeness (QED) is 0.573. The van der Waals surface area contributed by atoms with Crippen LogP contribution in [0.2, 0.25) is 0 Å². The SMILES string of the molecule is CC(Nc1ccccc1[N+](=O)[O-])c1cnc2ccsc2c1. The fourth-order valence-corrected chi connectivity index (χ4v) is 2.96. The maximum absolute atomic E-state index is 11.0. The molecular formula is C15H13N3O2S. The first-order valence-corrected chi connectivity index (χ1v) is 7.36. The minimum atomic E-state index is -0.379. The van der Waals surface area contributed by atoms with E-state index < -0.39 is 0 Å². The molecule has 2 aromatic heterocycles. The summed E-state index contributed by atoms with van der Waals surface area (Å²) in [4.78, 5) is 15.1. The Kier molecular flexibility index (Phi) is 3.53. The van der Waals surface area contributed by atoms with Crippen LogP contribution in [0.25, 0.3) is 10.2 Å². The van der Waals surface area contributed by atoms with Gasteiger partial charge in [-0.05, 0) is 36.1 Å². The van der Waals surface area contributed by atoms with E-state index in [1.807, 2.05) is 24.6 Å². The highest BCUT2D eigenvalue weighted by molar-refractivity contribution is 7.17. The lowest BCUT2D eigenvalue weighted by atomic mass is 10.1. The second kappa shape index (κ2) is 5.49. The first kappa shape index (κ1) is 13.5. The Bertz CT molecular complexity index is 800. The summed E-state index contributed by atoms with van der Waals surface area (Å²) in [6.07, 6.45) is 1.81. The monoisotopic (exact) mass is 299 g/mol. The van der Waals surface area contributed by atoms with E-state index in [1.54, 1.807) is 29.5 Å². The van der Waals surface area contributed by atoms with Gasteiger partial charge >= 0.3 is 0 Å². The van der Waals surface area contributed by atoms with Crippen LogP contribution in [0.15, 0.2) is 48.0 Å². The summed E-state index contributed by atoms with van der Waals surface area (Å²) in [6.45, 7) is 1.97. The predicted molar refractivity (Wildman–Crippen MR) is 84.8 cm³/mol. The molecule has 1 atom stereocenters. The van der Waals surface area contributed by atoms with Crippen molar-refractivity contribution in [2.45, 2.75) is 13.0 Å². The highest BCUT2D eigenvalue weighted by Gasteiger charge is 2.15. The molecule has 0 radical (unpaired) electrons. The van der Waals surface area contributed by atoms with Crippen LogP contribution in [0.5, 0.6) is 0 Å². The molecule has 5 nitrogen and oxygen atoms in total. The van der Waals surface area contributed by atoms with Gasteiger partial charge in [-0.15, -0.1) is 11.3 Å². The number of hydrogen-bond acceptors (Lipinski definition) is 5. The minimum Gasteiger partial charge on any atom is -0.373 e. The van der Waals surface area contributed by atoms with Gasteiger partial charge in [0.15, 0.2) is 0 Å². The van der Waals surface area contributed by atoms with E-state index >= 15 is 0 Å². The fraction of sp³-hybridized carbons (Fsp3) is 0.133. The van der Waals surface area contributed by atoms with Crippen LogP contribution < -0.4 is 5.32 Å². The van der Waals surface area contributed by atoms with Gasteiger partial charge in [0.25, 0.3) is 5.69 Å². The number of para-hydroxylation sites is 2. The third-order valence-electron chi connectivity index (χ3n) is 3.30. The number of nitro benzene ring substituents is 1. The van der Waals surface area contributed by atoms with E-state index in [-0.39, 0.29) is 16.7 Å². The first-order chi connectivity index (χ1) is 10.1. The third kappa shape index (κ3) is 2.71. The van der Waals surface area contributed by atoms with Crippen LogP contribution in [0, 0.1) is 10.1 Å². The molecular weight excluding hydrogens is 286 g/mol. The number of nitro groups is 1. The van der Waals surface area contributed by atoms with Crippen molar-refractivity contribution in [2.75, 3.05) is 5.32 Å². The summed E-state index contributed by atoms with van der Waals surface area (Å²) >= 11 is 1.63. The summed E-state index contributed by atoms with van der Waals surface area (Å²) in [5.74, 6) is 0. The van der Waals surface area contributed by atoms with E-state index in [9.17, 15) is 10.1 Å². The number of hydrogen-bond donors (Lipinski definition) is 1. The number of thiophene rings is 1. The van der Waals surface area contributed by atoms with Gasteiger partial charge in [-0.1, -0.05) is 12.1 Å². The molecule has 0 aliphatic heterocycles. The molecule has 1 unspecified atom stereocenters. The van der Waals surface area contributed by atoms with Crippen molar-refractivity contribution in [1.29, 1.82) is 0 Å². The summed E-state index contributed by atoms with van der Waals surface area (Å²) < 4.78 is 1.11. The number of fused-ring (bicyclic) bond motifs is 1. The summed E-state index contributed by atoms with van der Waals surface area (Å²) in [5, 5.41) is 16.2. The maximum atomic E-state index is 11.0. The summed E-state index contributed by atoms with van der Waals surface area (Å²) in [7, 11) is 0. The Morgan fingerprint density at radius 3 is 2.95 bits per heavy atom. The average Bonchev–Trinajstić information content (AvgIpc) is 2.94. The van der Waals surface area contributed by atoms with Gasteiger partial charge in [0.1, 0.15) is 5.69 Å². The lowest BCUT2D eigenvalue weighted by molar-refractivity contribution is -0.384. The van der Waals surface area contributed by atoms with Gasteiger partial charge in [0, 0.05) is 12.3 Å². The van der Waals surface area contributed by atoms with E-state index in [0.29, 0.717) is 5.69 Å². The smallest absolute Gasteiger partial charge is 0.292 e. The molecule has 21 heavy (non-hydrogen) atoms. The van der Waals surface area contributed by atoms with Crippen molar-refractivity contribution in [3.63, 3.8) is 0 Å². The van der Waals surface area contributed by atoms with Gasteiger partial charge < -0.3 is 5.32 Å². The molecule has 0 aliphatic rings. The Labute approximate surface area is 125 Å². The van der Waals surface area contributed by atoms with E-state index in [2.05, 4.69) is 16.4 Å². The topological polar surface area (TPSA) is 68.1 Å². The summed E-state index contributed by atoms with van der Waals surface area (Å²) in [6, 6.07) is 10.6. The molecule has 0 saturated carbocycles. The Balaban J connectivity index is 1.89. The van der Waals surface area contributed by atoms with E-state index in [4.69, 9.17) is 0 Å². The van der Waals surface area contributed by atoms with Crippen molar-refractivity contribution >= 4 is 32.9 Å². The lowest BCUT2D eigenvalue weighted by Crippen LogP contribution is -2.08. The molecule has 0 amide bonds. The van der Waals surface area contributed by atoms with Crippen molar-refractivity contribution in [1.82, 2.24) is 4.98 Å². The number of benzene rings is 1. The molecule has 3 aromatic rings. The standard InChI is InChI=1S/C15H13N3O2S/c1-10(11-8-15-13(16-9-11)6-7-21-15)17-12-4-2-3-5-14(12)18(19)20/h2-10,17H,1H3. The van der Waals surface area contributed by atoms with Gasteiger partial charge in [-0.25, -0.2) is 0 Å². The largest absolute Gasteiger partial charge is 0.373 e. The van der Waals surface area contributed by atoms with Crippen LogP contribution in [0.3, 0.4) is 0 Å². The second-order valence-electron chi connectivity index (χ2n) is 4.71. The molecule has 0 bridgehead atoms. The van der Waals surface area contributed by atoms with Gasteiger partial charge in [-0.2, -0.15) is 0 Å². The molecule has 3 rings (SSSR count). The molecule has 0 fully saturated rings. The van der Waals surface area contributed by atoms with Crippen molar-refractivity contribution in [3.05, 3.63) is 63.7 Å². The highest BCUT2D eigenvalue weighted by Crippen LogP contribution is 2.29.